The van der Waals surface area contributed by atoms with Gasteiger partial charge in [-0.05, 0) is 25.3 Å². The number of aromatic nitrogens is 3. The molecule has 0 radical (unpaired) electrons. The molecule has 1 saturated heterocycles. The average Bonchev–Trinajstić information content (AvgIpc) is 3.36. The fourth-order valence-corrected chi connectivity index (χ4v) is 4.41. The predicted molar refractivity (Wildman–Crippen MR) is 105 cm³/mol. The first-order valence-electron chi connectivity index (χ1n) is 9.35. The van der Waals surface area contributed by atoms with Gasteiger partial charge in [0.15, 0.2) is 0 Å². The van der Waals surface area contributed by atoms with Crippen LogP contribution in [-0.2, 0) is 17.8 Å². The van der Waals surface area contributed by atoms with Crippen LogP contribution in [-0.4, -0.2) is 33.1 Å². The minimum Gasteiger partial charge on any atom is -0.350 e. The van der Waals surface area contributed by atoms with Gasteiger partial charge in [-0.3, -0.25) is 9.59 Å². The Morgan fingerprint density at radius 3 is 2.90 bits per heavy atom. The first kappa shape index (κ1) is 19.4. The molecule has 1 amide bonds. The summed E-state index contributed by atoms with van der Waals surface area (Å²) in [5.41, 5.74) is -0.330. The third-order valence-electron chi connectivity index (χ3n) is 4.96. The van der Waals surface area contributed by atoms with E-state index in [1.165, 1.54) is 6.07 Å². The van der Waals surface area contributed by atoms with Gasteiger partial charge in [0.25, 0.3) is 0 Å². The minimum atomic E-state index is -0.901. The van der Waals surface area contributed by atoms with E-state index < -0.39 is 17.4 Å². The Hall–Kier alpha value is -2.88. The van der Waals surface area contributed by atoms with Crippen LogP contribution in [0.15, 0.2) is 29.1 Å². The summed E-state index contributed by atoms with van der Waals surface area (Å²) in [6, 6.07) is 5.78. The quantitative estimate of drug-likeness (QED) is 0.686. The molecule has 1 aliphatic heterocycles. The lowest BCUT2D eigenvalue weighted by Gasteiger charge is -2.22. The third-order valence-corrected chi connectivity index (χ3v) is 5.91. The van der Waals surface area contributed by atoms with Crippen molar-refractivity contribution >= 4 is 27.3 Å². The van der Waals surface area contributed by atoms with Gasteiger partial charge < -0.3 is 10.2 Å². The number of nitrogens with zero attached hydrogens (tertiary/aromatic N) is 4. The standard InChI is InChI=1S/C19H19F2N5O2S/c1-2-13-15(21)17(28)26-18(23-13)29-19(24-26)25-9-5-8-14(25)16(27)22-10-11-6-3-4-7-12(11)20/h3-4,6-7,14H,2,5,8-10H2,1H3,(H,22,27). The SMILES string of the molecule is CCc1nc2sc(N3CCCC3C(=O)NCc3ccccc3F)nn2c(=O)c1F. The molecule has 4 rings (SSSR count). The maximum absolute atomic E-state index is 14.1. The van der Waals surface area contributed by atoms with Crippen LogP contribution in [0, 0.1) is 11.6 Å². The Kier molecular flexibility index (Phi) is 5.27. The zero-order valence-electron chi connectivity index (χ0n) is 15.7. The summed E-state index contributed by atoms with van der Waals surface area (Å²) in [6.45, 7) is 2.39. The molecule has 3 heterocycles. The second-order valence-corrected chi connectivity index (χ2v) is 7.71. The van der Waals surface area contributed by atoms with Crippen molar-refractivity contribution in [1.82, 2.24) is 19.9 Å². The highest BCUT2D eigenvalue weighted by molar-refractivity contribution is 7.20. The number of anilines is 1. The van der Waals surface area contributed by atoms with Crippen molar-refractivity contribution in [2.24, 2.45) is 0 Å². The molecular formula is C19H19F2N5O2S. The summed E-state index contributed by atoms with van der Waals surface area (Å²) in [7, 11) is 0. The van der Waals surface area contributed by atoms with E-state index in [9.17, 15) is 18.4 Å². The van der Waals surface area contributed by atoms with E-state index in [0.717, 1.165) is 22.3 Å². The lowest BCUT2D eigenvalue weighted by atomic mass is 10.2. The smallest absolute Gasteiger partial charge is 0.311 e. The first-order chi connectivity index (χ1) is 14.0. The number of halogens is 2. The highest BCUT2D eigenvalue weighted by Gasteiger charge is 2.33. The van der Waals surface area contributed by atoms with Gasteiger partial charge in [0, 0.05) is 18.7 Å². The number of aryl methyl sites for hydroxylation is 1. The highest BCUT2D eigenvalue weighted by atomic mass is 32.1. The van der Waals surface area contributed by atoms with Gasteiger partial charge in [-0.1, -0.05) is 36.5 Å². The molecule has 0 spiro atoms. The number of fused-ring (bicyclic) bond motifs is 1. The fourth-order valence-electron chi connectivity index (χ4n) is 3.42. The van der Waals surface area contributed by atoms with Gasteiger partial charge in [-0.2, -0.15) is 8.91 Å². The maximum atomic E-state index is 14.1. The third kappa shape index (κ3) is 3.59. The largest absolute Gasteiger partial charge is 0.350 e. The number of hydrogen-bond donors (Lipinski definition) is 1. The van der Waals surface area contributed by atoms with E-state index in [-0.39, 0.29) is 24.0 Å². The zero-order chi connectivity index (χ0) is 20.5. The van der Waals surface area contributed by atoms with Crippen LogP contribution in [0.3, 0.4) is 0 Å². The monoisotopic (exact) mass is 419 g/mol. The molecule has 2 aromatic heterocycles. The summed E-state index contributed by atoms with van der Waals surface area (Å²) in [4.78, 5) is 31.2. The number of amides is 1. The van der Waals surface area contributed by atoms with Crippen LogP contribution < -0.4 is 15.8 Å². The van der Waals surface area contributed by atoms with Crippen molar-refractivity contribution in [2.75, 3.05) is 11.4 Å². The number of benzene rings is 1. The predicted octanol–water partition coefficient (Wildman–Crippen LogP) is 2.28. The number of nitrogens with one attached hydrogen (secondary N) is 1. The van der Waals surface area contributed by atoms with E-state index in [1.807, 2.05) is 0 Å². The molecule has 0 bridgehead atoms. The van der Waals surface area contributed by atoms with Crippen LogP contribution >= 0.6 is 11.3 Å². The van der Waals surface area contributed by atoms with Crippen molar-refractivity contribution in [3.63, 3.8) is 0 Å². The van der Waals surface area contributed by atoms with Gasteiger partial charge in [0.2, 0.25) is 21.8 Å². The highest BCUT2D eigenvalue weighted by Crippen LogP contribution is 2.29. The molecule has 0 aliphatic carbocycles. The fraction of sp³-hybridized carbons (Fsp3) is 0.368. The molecular weight excluding hydrogens is 400 g/mol. The summed E-state index contributed by atoms with van der Waals surface area (Å²) in [5, 5.41) is 7.40. The lowest BCUT2D eigenvalue weighted by molar-refractivity contribution is -0.122. The summed E-state index contributed by atoms with van der Waals surface area (Å²) < 4.78 is 28.8. The number of carbonyl (C=O) groups excluding carboxylic acids is 1. The molecule has 3 aromatic rings. The Morgan fingerprint density at radius 1 is 1.34 bits per heavy atom. The van der Waals surface area contributed by atoms with Gasteiger partial charge in [0.05, 0.1) is 5.69 Å². The molecule has 1 N–H and O–H groups in total. The van der Waals surface area contributed by atoms with Gasteiger partial charge >= 0.3 is 5.56 Å². The van der Waals surface area contributed by atoms with E-state index >= 15 is 0 Å². The van der Waals surface area contributed by atoms with Gasteiger partial charge in [-0.15, -0.1) is 5.10 Å². The molecule has 7 nitrogen and oxygen atoms in total. The van der Waals surface area contributed by atoms with E-state index in [4.69, 9.17) is 0 Å². The number of rotatable bonds is 5. The van der Waals surface area contributed by atoms with Crippen molar-refractivity contribution in [3.8, 4) is 0 Å². The zero-order valence-corrected chi connectivity index (χ0v) is 16.5. The summed E-state index contributed by atoms with van der Waals surface area (Å²) in [6.07, 6.45) is 1.68. The van der Waals surface area contributed by atoms with Crippen molar-refractivity contribution in [1.29, 1.82) is 0 Å². The number of carbonyl (C=O) groups is 1. The average molecular weight is 419 g/mol. The lowest BCUT2D eigenvalue weighted by Crippen LogP contribution is -2.43. The normalized spacial score (nSPS) is 16.5. The van der Waals surface area contributed by atoms with Crippen LogP contribution in [0.4, 0.5) is 13.9 Å². The van der Waals surface area contributed by atoms with Gasteiger partial charge in [-0.25, -0.2) is 9.37 Å². The Labute approximate surface area is 169 Å². The molecule has 1 atom stereocenters. The Morgan fingerprint density at radius 2 is 2.14 bits per heavy atom. The first-order valence-corrected chi connectivity index (χ1v) is 10.2. The van der Waals surface area contributed by atoms with Crippen LogP contribution in [0.2, 0.25) is 0 Å². The Balaban J connectivity index is 1.56. The molecule has 10 heteroatoms. The molecule has 1 aromatic carbocycles. The van der Waals surface area contributed by atoms with Crippen LogP contribution in [0.25, 0.3) is 4.96 Å². The molecule has 1 aliphatic rings. The Bertz CT molecular complexity index is 1130. The van der Waals surface area contributed by atoms with Gasteiger partial charge in [0.1, 0.15) is 11.9 Å². The van der Waals surface area contributed by atoms with Crippen molar-refractivity contribution < 1.29 is 13.6 Å². The minimum absolute atomic E-state index is 0.0851. The molecule has 0 saturated carbocycles. The topological polar surface area (TPSA) is 79.6 Å². The van der Waals surface area contributed by atoms with E-state index in [0.29, 0.717) is 35.0 Å². The van der Waals surface area contributed by atoms with Crippen molar-refractivity contribution in [2.45, 2.75) is 38.8 Å². The molecule has 29 heavy (non-hydrogen) atoms. The summed E-state index contributed by atoms with van der Waals surface area (Å²) in [5.74, 6) is -1.52. The van der Waals surface area contributed by atoms with Crippen LogP contribution in [0.5, 0.6) is 0 Å². The van der Waals surface area contributed by atoms with E-state index in [1.54, 1.807) is 30.0 Å². The second kappa shape index (κ2) is 7.86. The molecule has 152 valence electrons. The second-order valence-electron chi connectivity index (χ2n) is 6.77. The molecule has 1 fully saturated rings. The summed E-state index contributed by atoms with van der Waals surface area (Å²) >= 11 is 1.15. The van der Waals surface area contributed by atoms with Crippen molar-refractivity contribution in [3.05, 3.63) is 57.5 Å². The van der Waals surface area contributed by atoms with E-state index in [2.05, 4.69) is 15.4 Å². The van der Waals surface area contributed by atoms with Crippen LogP contribution in [0.1, 0.15) is 31.0 Å². The maximum Gasteiger partial charge on any atom is 0.311 e. The number of hydrogen-bond acceptors (Lipinski definition) is 6. The molecule has 1 unspecified atom stereocenters.